The molecule has 160 valence electrons. The number of carbonyl (C=O) groups is 1. The number of aliphatic imine (C=N–C) groups is 1. The Labute approximate surface area is 180 Å². The van der Waals surface area contributed by atoms with Crippen molar-refractivity contribution in [3.63, 3.8) is 0 Å². The summed E-state index contributed by atoms with van der Waals surface area (Å²) in [6.07, 6.45) is -3.18. The van der Waals surface area contributed by atoms with Gasteiger partial charge in [-0.15, -0.1) is 0 Å². The largest absolute Gasteiger partial charge is 0.441 e. The molecule has 1 N–H and O–H groups in total. The van der Waals surface area contributed by atoms with Gasteiger partial charge in [0, 0.05) is 11.4 Å². The normalized spacial score (nSPS) is 17.9. The fourth-order valence-electron chi connectivity index (χ4n) is 3.70. The molecule has 0 spiro atoms. The average molecular weight is 445 g/mol. The van der Waals surface area contributed by atoms with Crippen LogP contribution >= 0.6 is 11.8 Å². The monoisotopic (exact) mass is 445 g/mol. The van der Waals surface area contributed by atoms with Crippen LogP contribution in [0.2, 0.25) is 0 Å². The number of hydrogen-bond acceptors (Lipinski definition) is 4. The van der Waals surface area contributed by atoms with Gasteiger partial charge in [-0.3, -0.25) is 10.2 Å². The summed E-state index contributed by atoms with van der Waals surface area (Å²) in [6.45, 7) is 7.85. The lowest BCUT2D eigenvalue weighted by molar-refractivity contribution is -0.114. The first-order chi connectivity index (χ1) is 14.5. The number of hydrazone groups is 1. The first-order valence-corrected chi connectivity index (χ1v) is 10.1. The highest BCUT2D eigenvalue weighted by Crippen LogP contribution is 2.36. The molecule has 0 saturated carbocycles. The maximum atomic E-state index is 13.0. The molecule has 2 aromatic rings. The van der Waals surface area contributed by atoms with E-state index in [0.29, 0.717) is 5.56 Å². The van der Waals surface area contributed by atoms with Crippen LogP contribution in [0.4, 0.5) is 13.2 Å². The third-order valence-electron chi connectivity index (χ3n) is 5.13. The summed E-state index contributed by atoms with van der Waals surface area (Å²) in [6, 6.07) is 7.87. The molecule has 0 unspecified atom stereocenters. The molecule has 4 rings (SSSR count). The van der Waals surface area contributed by atoms with Gasteiger partial charge >= 0.3 is 6.18 Å². The second-order valence-corrected chi connectivity index (χ2v) is 8.28. The van der Waals surface area contributed by atoms with Gasteiger partial charge in [-0.25, -0.2) is 0 Å². The lowest BCUT2D eigenvalue weighted by Crippen LogP contribution is -2.35. The number of amidine groups is 2. The second kappa shape index (κ2) is 7.23. The van der Waals surface area contributed by atoms with Crippen LogP contribution in [0.15, 0.2) is 39.9 Å². The van der Waals surface area contributed by atoms with Crippen LogP contribution < -0.4 is 0 Å². The number of nitrogens with zero attached hydrogens (tertiary/aromatic N) is 4. The predicted molar refractivity (Wildman–Crippen MR) is 116 cm³/mol. The number of hydrogen-bond donors (Lipinski definition) is 1. The first-order valence-electron chi connectivity index (χ1n) is 9.32. The van der Waals surface area contributed by atoms with Crippen molar-refractivity contribution in [2.24, 2.45) is 10.1 Å². The topological polar surface area (TPSA) is 73.8 Å². The lowest BCUT2D eigenvalue weighted by Gasteiger charge is -2.20. The molecule has 0 fully saturated rings. The minimum atomic E-state index is -4.67. The van der Waals surface area contributed by atoms with Crippen LogP contribution in [0.25, 0.3) is 11.8 Å². The standard InChI is InChI=1S/C21H18F3N5OS/c1-10-6-5-7-11(2)16(10)28-12(3)8-14(13(28)4)9-15-17(25)29-20(26-18(15)30)31-19(27-29)21(22,23)24/h5-9,25H,1-4H3/b15-9-,25-17?. The van der Waals surface area contributed by atoms with Crippen LogP contribution in [-0.2, 0) is 4.79 Å². The van der Waals surface area contributed by atoms with E-state index in [2.05, 4.69) is 14.7 Å². The van der Waals surface area contributed by atoms with E-state index in [1.54, 1.807) is 0 Å². The van der Waals surface area contributed by atoms with Gasteiger partial charge in [0.2, 0.25) is 10.2 Å². The molecule has 0 saturated heterocycles. The maximum absolute atomic E-state index is 13.0. The summed E-state index contributed by atoms with van der Waals surface area (Å²) in [4.78, 5) is 16.2. The van der Waals surface area contributed by atoms with Gasteiger partial charge in [0.25, 0.3) is 5.91 Å². The number of fused-ring (bicyclic) bond motifs is 1. The number of amides is 1. The molecular formula is C21H18F3N5OS. The van der Waals surface area contributed by atoms with E-state index < -0.39 is 23.0 Å². The summed E-state index contributed by atoms with van der Waals surface area (Å²) in [7, 11) is 0. The summed E-state index contributed by atoms with van der Waals surface area (Å²) >= 11 is 0.235. The van der Waals surface area contributed by atoms with Gasteiger partial charge in [-0.2, -0.15) is 28.3 Å². The van der Waals surface area contributed by atoms with Gasteiger partial charge < -0.3 is 4.57 Å². The van der Waals surface area contributed by atoms with Crippen molar-refractivity contribution in [3.8, 4) is 5.69 Å². The number of benzene rings is 1. The van der Waals surface area contributed by atoms with Gasteiger partial charge in [0.05, 0.1) is 11.3 Å². The van der Waals surface area contributed by atoms with Crippen LogP contribution in [0.3, 0.4) is 0 Å². The molecule has 2 aliphatic heterocycles. The summed E-state index contributed by atoms with van der Waals surface area (Å²) < 4.78 is 41.0. The molecule has 31 heavy (non-hydrogen) atoms. The van der Waals surface area contributed by atoms with Crippen molar-refractivity contribution in [1.29, 1.82) is 5.41 Å². The first kappa shape index (κ1) is 21.1. The highest BCUT2D eigenvalue weighted by molar-refractivity contribution is 8.27. The van der Waals surface area contributed by atoms with Crippen LogP contribution in [0, 0.1) is 33.1 Å². The molecule has 10 heteroatoms. The quantitative estimate of drug-likeness (QED) is 0.669. The zero-order chi connectivity index (χ0) is 22.7. The molecule has 6 nitrogen and oxygen atoms in total. The molecule has 1 amide bonds. The average Bonchev–Trinajstić information content (AvgIpc) is 3.21. The molecule has 0 atom stereocenters. The van der Waals surface area contributed by atoms with Crippen LogP contribution in [-0.4, -0.2) is 37.7 Å². The second-order valence-electron chi connectivity index (χ2n) is 7.33. The van der Waals surface area contributed by atoms with Crippen LogP contribution in [0.1, 0.15) is 28.1 Å². The smallest absolute Gasteiger partial charge is 0.317 e. The van der Waals surface area contributed by atoms with Crippen molar-refractivity contribution in [3.05, 3.63) is 57.9 Å². The van der Waals surface area contributed by atoms with Crippen molar-refractivity contribution in [2.75, 3.05) is 0 Å². The van der Waals surface area contributed by atoms with Gasteiger partial charge in [-0.05, 0) is 68.3 Å². The number of aryl methyl sites for hydroxylation is 3. The van der Waals surface area contributed by atoms with E-state index in [9.17, 15) is 18.0 Å². The highest BCUT2D eigenvalue weighted by atomic mass is 32.2. The Bertz CT molecular complexity index is 1220. The number of carbonyl (C=O) groups excluding carboxylic acids is 1. The van der Waals surface area contributed by atoms with Gasteiger partial charge in [0.15, 0.2) is 5.84 Å². The third kappa shape index (κ3) is 3.50. The Balaban J connectivity index is 1.78. The number of para-hydroxylation sites is 1. The Morgan fingerprint density at radius 3 is 2.39 bits per heavy atom. The maximum Gasteiger partial charge on any atom is 0.441 e. The van der Waals surface area contributed by atoms with Gasteiger partial charge in [-0.1, -0.05) is 18.2 Å². The van der Waals surface area contributed by atoms with Crippen molar-refractivity contribution in [1.82, 2.24) is 9.58 Å². The molecule has 3 heterocycles. The fraction of sp³-hybridized carbons (Fsp3) is 0.238. The molecule has 0 bridgehead atoms. The Morgan fingerprint density at radius 2 is 1.77 bits per heavy atom. The third-order valence-corrected chi connectivity index (χ3v) is 6.08. The molecule has 2 aliphatic rings. The highest BCUT2D eigenvalue weighted by Gasteiger charge is 2.46. The summed E-state index contributed by atoms with van der Waals surface area (Å²) in [5.74, 6) is -1.20. The molecule has 0 radical (unpaired) electrons. The fourth-order valence-corrected chi connectivity index (χ4v) is 4.46. The van der Waals surface area contributed by atoms with E-state index in [1.807, 2.05) is 52.0 Å². The van der Waals surface area contributed by atoms with Gasteiger partial charge in [0.1, 0.15) is 0 Å². The molecular weight excluding hydrogens is 427 g/mol. The minimum absolute atomic E-state index is 0.113. The Kier molecular flexibility index (Phi) is 4.92. The number of rotatable bonds is 2. The molecule has 1 aromatic carbocycles. The minimum Gasteiger partial charge on any atom is -0.317 e. The number of thioether (sulfide) groups is 1. The SMILES string of the molecule is Cc1cccc(C)c1-n1c(C)cc(/C=C2/C(=N)N3N=C(C(F)(F)F)SC3=NC2=O)c1C. The van der Waals surface area contributed by atoms with Crippen molar-refractivity contribution in [2.45, 2.75) is 33.9 Å². The molecule has 1 aromatic heterocycles. The lowest BCUT2D eigenvalue weighted by atomic mass is 10.1. The summed E-state index contributed by atoms with van der Waals surface area (Å²) in [5, 5.41) is 11.0. The van der Waals surface area contributed by atoms with E-state index in [4.69, 9.17) is 5.41 Å². The number of nitrogens with one attached hydrogen (secondary N) is 1. The Hall–Kier alpha value is -3.14. The number of alkyl halides is 3. The van der Waals surface area contributed by atoms with Crippen LogP contribution in [0.5, 0.6) is 0 Å². The zero-order valence-electron chi connectivity index (χ0n) is 17.1. The van der Waals surface area contributed by atoms with E-state index in [0.717, 1.165) is 33.2 Å². The van der Waals surface area contributed by atoms with E-state index in [-0.39, 0.29) is 22.5 Å². The Morgan fingerprint density at radius 1 is 1.13 bits per heavy atom. The summed E-state index contributed by atoms with van der Waals surface area (Å²) in [5.41, 5.74) is 5.53. The van der Waals surface area contributed by atoms with Crippen molar-refractivity contribution < 1.29 is 18.0 Å². The van der Waals surface area contributed by atoms with Crippen molar-refractivity contribution >= 4 is 39.8 Å². The van der Waals surface area contributed by atoms with E-state index in [1.165, 1.54) is 6.08 Å². The predicted octanol–water partition coefficient (Wildman–Crippen LogP) is 4.89. The number of halogens is 3. The van der Waals surface area contributed by atoms with E-state index >= 15 is 0 Å². The molecule has 0 aliphatic carbocycles. The zero-order valence-corrected chi connectivity index (χ0v) is 17.9. The number of aromatic nitrogens is 1.